The zero-order valence-electron chi connectivity index (χ0n) is 43.2. The van der Waals surface area contributed by atoms with E-state index in [1.807, 2.05) is 94.6 Å². The molecule has 0 atom stereocenters. The summed E-state index contributed by atoms with van der Waals surface area (Å²) in [5, 5.41) is 0. The summed E-state index contributed by atoms with van der Waals surface area (Å²) in [5.74, 6) is 2.97. The second kappa shape index (κ2) is 16.4. The average molecular weight is 1020 g/mol. The van der Waals surface area contributed by atoms with Crippen molar-refractivity contribution in [2.24, 2.45) is 0 Å². The fraction of sp³-hybridized carbons (Fsp3) is 0. The zero-order chi connectivity index (χ0) is 50.4. The molecule has 8 nitrogen and oxygen atoms in total. The van der Waals surface area contributed by atoms with Crippen molar-refractivity contribution in [2.75, 3.05) is 9.62 Å². The Morgan fingerprint density at radius 2 is 1.27 bits per heavy atom. The molecule has 0 saturated carbocycles. The maximum Gasteiger partial charge on any atom is 0.616 e. The van der Waals surface area contributed by atoms with Crippen molar-refractivity contribution in [1.82, 2.24) is 9.55 Å². The van der Waals surface area contributed by atoms with Crippen molar-refractivity contribution in [3.63, 3.8) is 0 Å². The van der Waals surface area contributed by atoms with Crippen LogP contribution in [0.1, 0.15) is 13.7 Å². The van der Waals surface area contributed by atoms with Crippen LogP contribution >= 0.6 is 0 Å². The van der Waals surface area contributed by atoms with E-state index in [0.29, 0.717) is 57.0 Å². The molecule has 0 radical (unpaired) electrons. The normalized spacial score (nSPS) is 14.6. The first-order valence-electron chi connectivity index (χ1n) is 24.9. The molecule has 10 aromatic rings. The van der Waals surface area contributed by atoms with Crippen LogP contribution in [0.4, 0.5) is 22.9 Å². The molecular weight excluding hydrogens is 973 g/mol. The summed E-state index contributed by atoms with van der Waals surface area (Å²) in [4.78, 5) is 8.71. The Bertz CT molecular complexity index is 3780. The van der Waals surface area contributed by atoms with Crippen LogP contribution in [-0.2, 0) is 21.1 Å². The summed E-state index contributed by atoms with van der Waals surface area (Å²) in [5.41, 5.74) is 3.78. The summed E-state index contributed by atoms with van der Waals surface area (Å²) in [7, 11) is -0.756. The monoisotopic (exact) mass is 1020 g/mol. The third-order valence-corrected chi connectivity index (χ3v) is 10.7. The van der Waals surface area contributed by atoms with E-state index in [9.17, 15) is 0 Å². The predicted octanol–water partition coefficient (Wildman–Crippen LogP) is 12.3. The molecule has 12 rings (SSSR count). The first kappa shape index (κ1) is 29.4. The predicted molar refractivity (Wildman–Crippen MR) is 247 cm³/mol. The van der Waals surface area contributed by atoms with Crippen molar-refractivity contribution in [2.45, 2.75) is 0 Å². The quantitative estimate of drug-likeness (QED) is 0.0901. The van der Waals surface area contributed by atoms with Gasteiger partial charge in [0.2, 0.25) is 0 Å². The third-order valence-electron chi connectivity index (χ3n) is 10.7. The van der Waals surface area contributed by atoms with Crippen molar-refractivity contribution >= 4 is 41.1 Å². The van der Waals surface area contributed by atoms with E-state index in [0.717, 1.165) is 11.4 Å². The molecule has 308 valence electrons. The molecule has 2 aliphatic rings. The van der Waals surface area contributed by atoms with E-state index >= 15 is 0 Å². The molecule has 0 unspecified atom stereocenters. The number of fused-ring (bicyclic) bond motifs is 7. The SMILES string of the molecule is [2H]c1c([2H])c([2H])c(-c2cccc(-c3c([2H])c([2H])c([2H])c([2H])c3[2H])c2-[n+]2[c-]n(-c3[c-]c(Oc4[c-]c5c(cc4)N4B(Oc6ccccc6Oc6ccccc64)N5c4ccccn4)ccc3)c3ccccc32)c([2H])c1[2H].[Pt]. The molecule has 0 bridgehead atoms. The standard InChI is InChI=1S/C54H34BN5O3.Pt/c1-3-17-38(18-4-1)43-23-16-24-44(39-19-5-2-6-20-39)54(43)58-37-57(45-25-7-8-26-46(45)58)40-21-15-22-41(35-40)61-42-32-33-47-49(36-42)60(53-31-13-14-34-56-53)55-59(47)48-27-9-10-28-50(48)62-51-29-11-12-30-52(51)63-55;/h1-34H;/q-2;/i1D,2D,3D,4D,5D,6D,17D,18D,19D,20D;. The molecule has 0 aliphatic carbocycles. The molecule has 0 fully saturated rings. The van der Waals surface area contributed by atoms with Gasteiger partial charge in [-0.05, 0) is 64.3 Å². The van der Waals surface area contributed by atoms with Gasteiger partial charge in [0, 0.05) is 38.8 Å². The van der Waals surface area contributed by atoms with Gasteiger partial charge in [-0.15, -0.1) is 30.3 Å². The Hall–Kier alpha value is -7.87. The first-order chi connectivity index (χ1) is 35.4. The summed E-state index contributed by atoms with van der Waals surface area (Å²) < 4.78 is 110. The van der Waals surface area contributed by atoms with E-state index in [1.54, 1.807) is 69.9 Å². The number of benzene rings is 8. The number of para-hydroxylation sites is 7. The number of hydrogen-bond donors (Lipinski definition) is 0. The second-order valence-electron chi connectivity index (χ2n) is 14.4. The second-order valence-corrected chi connectivity index (χ2v) is 14.4. The number of hydrogen-bond acceptors (Lipinski definition) is 6. The van der Waals surface area contributed by atoms with E-state index in [2.05, 4.69) is 18.5 Å². The van der Waals surface area contributed by atoms with Gasteiger partial charge >= 0.3 is 7.19 Å². The molecule has 2 aromatic heterocycles. The molecular formula is C54H34BN5O3Pt-2. The Kier molecular flexibility index (Phi) is 7.56. The zero-order valence-corrected chi connectivity index (χ0v) is 35.5. The van der Waals surface area contributed by atoms with Crippen LogP contribution in [0.15, 0.2) is 206 Å². The molecule has 0 amide bonds. The Labute approximate surface area is 399 Å². The molecule has 8 aromatic carbocycles. The number of rotatable bonds is 7. The summed E-state index contributed by atoms with van der Waals surface area (Å²) in [6.45, 7) is 0. The Morgan fingerprint density at radius 1 is 0.594 bits per heavy atom. The molecule has 4 heterocycles. The summed E-state index contributed by atoms with van der Waals surface area (Å²) >= 11 is 0. The largest absolute Gasteiger partial charge is 0.616 e. The van der Waals surface area contributed by atoms with Gasteiger partial charge in [-0.25, -0.2) is 4.98 Å². The van der Waals surface area contributed by atoms with E-state index in [-0.39, 0.29) is 49.0 Å². The van der Waals surface area contributed by atoms with Gasteiger partial charge in [0.15, 0.2) is 5.75 Å². The van der Waals surface area contributed by atoms with Crippen LogP contribution in [0, 0.1) is 18.5 Å². The Morgan fingerprint density at radius 3 is 2.03 bits per heavy atom. The van der Waals surface area contributed by atoms with Crippen LogP contribution in [0.25, 0.3) is 44.7 Å². The van der Waals surface area contributed by atoms with Gasteiger partial charge in [-0.2, -0.15) is 12.1 Å². The number of pyridine rings is 1. The summed E-state index contributed by atoms with van der Waals surface area (Å²) in [6.07, 6.45) is 5.10. The van der Waals surface area contributed by atoms with Gasteiger partial charge in [0.1, 0.15) is 17.3 Å². The van der Waals surface area contributed by atoms with E-state index in [1.165, 1.54) is 0 Å². The minimum absolute atomic E-state index is 0. The van der Waals surface area contributed by atoms with Gasteiger partial charge in [-0.1, -0.05) is 145 Å². The molecule has 64 heavy (non-hydrogen) atoms. The smallest absolute Gasteiger partial charge is 0.520 e. The van der Waals surface area contributed by atoms with Crippen molar-refractivity contribution in [3.05, 3.63) is 225 Å². The maximum absolute atomic E-state index is 9.02. The average Bonchev–Trinajstić information content (AvgIpc) is 3.95. The van der Waals surface area contributed by atoms with Gasteiger partial charge in [0.25, 0.3) is 6.33 Å². The topological polar surface area (TPSA) is 55.9 Å². The fourth-order valence-electron chi connectivity index (χ4n) is 8.03. The number of nitrogens with zero attached hydrogens (tertiary/aromatic N) is 5. The van der Waals surface area contributed by atoms with Crippen molar-refractivity contribution in [3.8, 4) is 62.4 Å². The van der Waals surface area contributed by atoms with Crippen LogP contribution in [-0.4, -0.2) is 16.7 Å². The summed E-state index contributed by atoms with van der Waals surface area (Å²) in [6, 6.07) is 43.3. The number of imidazole rings is 1. The molecule has 0 saturated heterocycles. The van der Waals surface area contributed by atoms with Crippen molar-refractivity contribution in [1.29, 1.82) is 0 Å². The number of ether oxygens (including phenoxy) is 2. The minimum atomic E-state index is -0.756. The van der Waals surface area contributed by atoms with E-state index in [4.69, 9.17) is 32.8 Å². The first-order valence-corrected chi connectivity index (χ1v) is 19.9. The number of aromatic nitrogens is 3. The van der Waals surface area contributed by atoms with E-state index < -0.39 is 67.6 Å². The maximum atomic E-state index is 9.02. The van der Waals surface area contributed by atoms with Crippen LogP contribution in [0.5, 0.6) is 28.7 Å². The van der Waals surface area contributed by atoms with Crippen LogP contribution in [0.2, 0.25) is 0 Å². The van der Waals surface area contributed by atoms with Gasteiger partial charge < -0.3 is 28.3 Å². The van der Waals surface area contributed by atoms with Crippen LogP contribution < -0.4 is 28.3 Å². The fourth-order valence-corrected chi connectivity index (χ4v) is 8.03. The molecule has 0 N–H and O–H groups in total. The van der Waals surface area contributed by atoms with Gasteiger partial charge in [0.05, 0.1) is 36.1 Å². The molecule has 0 spiro atoms. The van der Waals surface area contributed by atoms with Gasteiger partial charge in [-0.3, -0.25) is 4.57 Å². The third kappa shape index (κ3) is 6.78. The molecule has 2 aliphatic heterocycles. The molecule has 10 heteroatoms. The minimum Gasteiger partial charge on any atom is -0.520 e. The van der Waals surface area contributed by atoms with Crippen LogP contribution in [0.3, 0.4) is 0 Å². The Balaban J connectivity index is 0.00000588. The van der Waals surface area contributed by atoms with Crippen molar-refractivity contribution < 1.29 is 53.5 Å². The number of anilines is 4.